The number of pyridine rings is 1. The van der Waals surface area contributed by atoms with Crippen LogP contribution >= 0.6 is 11.3 Å². The molecule has 2 nitrogen and oxygen atoms in total. The normalized spacial score (nSPS) is 16.5. The standard InChI is InChI=1S/C17H13NOS/c19-13-7-8-18-15(11-13)14-5-2-1-4-12(14)10-16(18)17-6-3-9-20-17/h1-9,11,16H,10H2. The zero-order valence-electron chi connectivity index (χ0n) is 10.8. The summed E-state index contributed by atoms with van der Waals surface area (Å²) >= 11 is 1.77. The molecule has 3 heteroatoms. The molecular formula is C17H13NOS. The zero-order chi connectivity index (χ0) is 13.5. The Labute approximate surface area is 121 Å². The minimum atomic E-state index is 0.0675. The van der Waals surface area contributed by atoms with Crippen LogP contribution < -0.4 is 5.43 Å². The summed E-state index contributed by atoms with van der Waals surface area (Å²) in [5.74, 6) is 0. The van der Waals surface area contributed by atoms with Gasteiger partial charge in [-0.05, 0) is 23.4 Å². The van der Waals surface area contributed by atoms with Crippen molar-refractivity contribution in [2.45, 2.75) is 12.5 Å². The van der Waals surface area contributed by atoms with Crippen LogP contribution in [0.15, 0.2) is 64.9 Å². The molecule has 98 valence electrons. The van der Waals surface area contributed by atoms with Crippen LogP contribution in [0.5, 0.6) is 0 Å². The summed E-state index contributed by atoms with van der Waals surface area (Å²) in [5.41, 5.74) is 3.59. The number of thiophene rings is 1. The molecule has 1 aromatic carbocycles. The lowest BCUT2D eigenvalue weighted by molar-refractivity contribution is 0.578. The molecule has 3 heterocycles. The lowest BCUT2D eigenvalue weighted by Gasteiger charge is -2.29. The number of rotatable bonds is 1. The third kappa shape index (κ3) is 1.74. The number of hydrogen-bond donors (Lipinski definition) is 0. The molecule has 2 aromatic heterocycles. The molecule has 0 saturated carbocycles. The molecule has 0 amide bonds. The first-order chi connectivity index (χ1) is 9.83. The van der Waals surface area contributed by atoms with E-state index in [1.807, 2.05) is 12.3 Å². The molecule has 1 atom stereocenters. The molecule has 0 radical (unpaired) electrons. The first-order valence-electron chi connectivity index (χ1n) is 6.67. The molecule has 0 fully saturated rings. The second-order valence-electron chi connectivity index (χ2n) is 5.05. The van der Waals surface area contributed by atoms with Crippen LogP contribution in [0.4, 0.5) is 0 Å². The Morgan fingerprint density at radius 2 is 2.00 bits per heavy atom. The van der Waals surface area contributed by atoms with Crippen molar-refractivity contribution in [2.75, 3.05) is 0 Å². The summed E-state index contributed by atoms with van der Waals surface area (Å²) in [6.07, 6.45) is 2.91. The number of benzene rings is 1. The van der Waals surface area contributed by atoms with Crippen LogP contribution in [-0.4, -0.2) is 4.57 Å². The quantitative estimate of drug-likeness (QED) is 0.665. The Bertz CT molecular complexity index is 817. The Kier molecular flexibility index (Phi) is 2.60. The first kappa shape index (κ1) is 11.7. The first-order valence-corrected chi connectivity index (χ1v) is 7.55. The predicted molar refractivity (Wildman–Crippen MR) is 82.3 cm³/mol. The second-order valence-corrected chi connectivity index (χ2v) is 6.03. The number of aromatic nitrogens is 1. The van der Waals surface area contributed by atoms with Crippen LogP contribution in [0.3, 0.4) is 0 Å². The highest BCUT2D eigenvalue weighted by Gasteiger charge is 2.24. The van der Waals surface area contributed by atoms with Gasteiger partial charge in [-0.15, -0.1) is 11.3 Å². The Balaban J connectivity index is 1.99. The Morgan fingerprint density at radius 1 is 1.10 bits per heavy atom. The summed E-state index contributed by atoms with van der Waals surface area (Å²) in [7, 11) is 0. The van der Waals surface area contributed by atoms with Gasteiger partial charge in [0.2, 0.25) is 0 Å². The maximum Gasteiger partial charge on any atom is 0.182 e. The summed E-state index contributed by atoms with van der Waals surface area (Å²) in [6.45, 7) is 0. The highest BCUT2D eigenvalue weighted by Crippen LogP contribution is 2.37. The zero-order valence-corrected chi connectivity index (χ0v) is 11.6. The van der Waals surface area contributed by atoms with E-state index in [-0.39, 0.29) is 5.43 Å². The van der Waals surface area contributed by atoms with Crippen LogP contribution in [0, 0.1) is 0 Å². The van der Waals surface area contributed by atoms with Gasteiger partial charge in [-0.3, -0.25) is 4.79 Å². The summed E-state index contributed by atoms with van der Waals surface area (Å²) in [5, 5.41) is 2.11. The van der Waals surface area contributed by atoms with Gasteiger partial charge >= 0.3 is 0 Å². The van der Waals surface area contributed by atoms with E-state index in [1.165, 1.54) is 16.0 Å². The van der Waals surface area contributed by atoms with E-state index < -0.39 is 0 Å². The van der Waals surface area contributed by atoms with E-state index in [0.717, 1.165) is 12.1 Å². The van der Waals surface area contributed by atoms with Crippen LogP contribution in [-0.2, 0) is 6.42 Å². The largest absolute Gasteiger partial charge is 0.339 e. The van der Waals surface area contributed by atoms with Gasteiger partial charge < -0.3 is 4.57 Å². The van der Waals surface area contributed by atoms with Crippen molar-refractivity contribution in [1.82, 2.24) is 4.57 Å². The topological polar surface area (TPSA) is 22.0 Å². The van der Waals surface area contributed by atoms with E-state index in [2.05, 4.69) is 40.3 Å². The van der Waals surface area contributed by atoms with E-state index >= 15 is 0 Å². The Morgan fingerprint density at radius 3 is 2.85 bits per heavy atom. The van der Waals surface area contributed by atoms with Crippen molar-refractivity contribution in [3.63, 3.8) is 0 Å². The number of fused-ring (bicyclic) bond motifs is 3. The maximum absolute atomic E-state index is 11.7. The molecule has 4 rings (SSSR count). The number of nitrogens with zero attached hydrogens (tertiary/aromatic N) is 1. The minimum absolute atomic E-state index is 0.0675. The summed E-state index contributed by atoms with van der Waals surface area (Å²) in [4.78, 5) is 13.1. The fraction of sp³-hybridized carbons (Fsp3) is 0.118. The second kappa shape index (κ2) is 4.46. The highest BCUT2D eigenvalue weighted by atomic mass is 32.1. The average molecular weight is 279 g/mol. The van der Waals surface area contributed by atoms with E-state index in [1.54, 1.807) is 23.5 Å². The monoisotopic (exact) mass is 279 g/mol. The van der Waals surface area contributed by atoms with E-state index in [9.17, 15) is 4.79 Å². The van der Waals surface area contributed by atoms with Gasteiger partial charge in [0, 0.05) is 28.8 Å². The summed E-state index contributed by atoms with van der Waals surface area (Å²) < 4.78 is 2.23. The van der Waals surface area contributed by atoms with Crippen molar-refractivity contribution < 1.29 is 0 Å². The van der Waals surface area contributed by atoms with Crippen LogP contribution in [0.25, 0.3) is 11.3 Å². The van der Waals surface area contributed by atoms with Crippen LogP contribution in [0.2, 0.25) is 0 Å². The van der Waals surface area contributed by atoms with Crippen molar-refractivity contribution in [3.05, 3.63) is 80.8 Å². The van der Waals surface area contributed by atoms with E-state index in [0.29, 0.717) is 6.04 Å². The molecular weight excluding hydrogens is 266 g/mol. The predicted octanol–water partition coefficient (Wildman–Crippen LogP) is 3.72. The third-order valence-corrected chi connectivity index (χ3v) is 4.84. The van der Waals surface area contributed by atoms with Crippen molar-refractivity contribution in [3.8, 4) is 11.3 Å². The van der Waals surface area contributed by atoms with Gasteiger partial charge in [-0.1, -0.05) is 30.3 Å². The van der Waals surface area contributed by atoms with Gasteiger partial charge in [-0.2, -0.15) is 0 Å². The molecule has 0 saturated heterocycles. The lowest BCUT2D eigenvalue weighted by atomic mass is 9.92. The molecule has 0 spiro atoms. The molecule has 0 bridgehead atoms. The highest BCUT2D eigenvalue weighted by molar-refractivity contribution is 7.10. The molecule has 1 unspecified atom stereocenters. The molecule has 20 heavy (non-hydrogen) atoms. The maximum atomic E-state index is 11.7. The fourth-order valence-corrected chi connectivity index (χ4v) is 3.78. The van der Waals surface area contributed by atoms with Crippen molar-refractivity contribution in [2.24, 2.45) is 0 Å². The van der Waals surface area contributed by atoms with Crippen LogP contribution in [0.1, 0.15) is 16.5 Å². The average Bonchev–Trinajstić information content (AvgIpc) is 3.00. The van der Waals surface area contributed by atoms with Gasteiger partial charge in [0.05, 0.1) is 11.7 Å². The van der Waals surface area contributed by atoms with Crippen molar-refractivity contribution in [1.29, 1.82) is 0 Å². The lowest BCUT2D eigenvalue weighted by Crippen LogP contribution is -2.21. The fourth-order valence-electron chi connectivity index (χ4n) is 2.95. The minimum Gasteiger partial charge on any atom is -0.339 e. The smallest absolute Gasteiger partial charge is 0.182 e. The molecule has 0 N–H and O–H groups in total. The van der Waals surface area contributed by atoms with Gasteiger partial charge in [0.25, 0.3) is 0 Å². The van der Waals surface area contributed by atoms with Gasteiger partial charge in [0.1, 0.15) is 0 Å². The number of hydrogen-bond acceptors (Lipinski definition) is 2. The van der Waals surface area contributed by atoms with Crippen molar-refractivity contribution >= 4 is 11.3 Å². The van der Waals surface area contributed by atoms with Gasteiger partial charge in [0.15, 0.2) is 5.43 Å². The SMILES string of the molecule is O=c1ccn2c(c1)-c1ccccc1CC2c1cccs1. The van der Waals surface area contributed by atoms with E-state index in [4.69, 9.17) is 0 Å². The van der Waals surface area contributed by atoms with Gasteiger partial charge in [-0.25, -0.2) is 0 Å². The summed E-state index contributed by atoms with van der Waals surface area (Å²) in [6, 6.07) is 16.3. The molecule has 3 aromatic rings. The Hall–Kier alpha value is -2.13. The molecule has 1 aliphatic rings. The third-order valence-electron chi connectivity index (χ3n) is 3.87. The molecule has 0 aliphatic carbocycles. The molecule has 1 aliphatic heterocycles.